The highest BCUT2D eigenvalue weighted by Gasteiger charge is 2.31. The fourth-order valence-electron chi connectivity index (χ4n) is 2.93. The Hall–Kier alpha value is -3.02. The second kappa shape index (κ2) is 9.07. The van der Waals surface area contributed by atoms with Crippen LogP contribution in [0, 0.1) is 0 Å². The number of hydrogen-bond donors (Lipinski definition) is 1. The van der Waals surface area contributed by atoms with Crippen LogP contribution in [0.1, 0.15) is 19.3 Å². The first-order valence-electron chi connectivity index (χ1n) is 9.13. The Morgan fingerprint density at radius 2 is 1.89 bits per heavy atom. The Kier molecular flexibility index (Phi) is 6.30. The van der Waals surface area contributed by atoms with E-state index in [1.165, 1.54) is 0 Å². The Morgan fingerprint density at radius 3 is 2.70 bits per heavy atom. The van der Waals surface area contributed by atoms with Gasteiger partial charge in [0.1, 0.15) is 11.5 Å². The van der Waals surface area contributed by atoms with Crippen LogP contribution in [0.25, 0.3) is 0 Å². The van der Waals surface area contributed by atoms with E-state index in [-0.39, 0.29) is 11.8 Å². The normalized spacial score (nSPS) is 15.7. The molecule has 2 aromatic carbocycles. The van der Waals surface area contributed by atoms with Crippen molar-refractivity contribution in [2.75, 3.05) is 25.1 Å². The molecular formula is C21H24N2O4. The number of likely N-dealkylation sites (N-methyl/N-ethyl adjacent to an activating group) is 1. The molecule has 2 aromatic rings. The number of rotatable bonds is 8. The molecule has 2 amide bonds. The third-order valence-corrected chi connectivity index (χ3v) is 4.39. The van der Waals surface area contributed by atoms with E-state index in [9.17, 15) is 9.59 Å². The molecule has 0 radical (unpaired) electrons. The molecular weight excluding hydrogens is 344 g/mol. The molecule has 0 spiro atoms. The zero-order valence-corrected chi connectivity index (χ0v) is 15.4. The molecule has 0 saturated heterocycles. The number of nitrogens with one attached hydrogen (secondary N) is 1. The molecule has 1 atom stereocenters. The number of carbonyl (C=O) groups is 2. The first-order valence-corrected chi connectivity index (χ1v) is 9.13. The van der Waals surface area contributed by atoms with Crippen LogP contribution in [0.3, 0.4) is 0 Å². The van der Waals surface area contributed by atoms with Crippen LogP contribution in [0.15, 0.2) is 54.6 Å². The quantitative estimate of drug-likeness (QED) is 0.728. The smallest absolute Gasteiger partial charge is 0.267 e. The standard InChI is InChI=1S/C21H24N2O4/c1-23-17-10-5-6-11-18(17)27-19(21(23)25)13-14-22-20(24)12-7-15-26-16-8-3-2-4-9-16/h2-6,8-11,19H,7,12-15H2,1H3,(H,22,24). The van der Waals surface area contributed by atoms with Gasteiger partial charge in [-0.3, -0.25) is 9.59 Å². The van der Waals surface area contributed by atoms with Crippen LogP contribution < -0.4 is 19.7 Å². The van der Waals surface area contributed by atoms with Crippen LogP contribution in [-0.4, -0.2) is 38.1 Å². The third kappa shape index (κ3) is 5.00. The van der Waals surface area contributed by atoms with Crippen molar-refractivity contribution < 1.29 is 19.1 Å². The minimum Gasteiger partial charge on any atom is -0.494 e. The first kappa shape index (κ1) is 18.8. The van der Waals surface area contributed by atoms with Gasteiger partial charge in [-0.1, -0.05) is 30.3 Å². The monoisotopic (exact) mass is 368 g/mol. The number of fused-ring (bicyclic) bond motifs is 1. The molecule has 1 aliphatic rings. The van der Waals surface area contributed by atoms with Crippen LogP contribution in [0.2, 0.25) is 0 Å². The molecule has 0 fully saturated rings. The molecule has 1 heterocycles. The predicted octanol–water partition coefficient (Wildman–Crippen LogP) is 2.78. The minimum absolute atomic E-state index is 0.0522. The van der Waals surface area contributed by atoms with Gasteiger partial charge in [0.05, 0.1) is 12.3 Å². The van der Waals surface area contributed by atoms with Crippen molar-refractivity contribution in [2.24, 2.45) is 0 Å². The van der Waals surface area contributed by atoms with E-state index in [2.05, 4.69) is 5.32 Å². The molecule has 1 aliphatic heterocycles. The lowest BCUT2D eigenvalue weighted by Gasteiger charge is -2.31. The Labute approximate surface area is 159 Å². The maximum absolute atomic E-state index is 12.4. The highest BCUT2D eigenvalue weighted by Crippen LogP contribution is 2.33. The van der Waals surface area contributed by atoms with Gasteiger partial charge in [0.2, 0.25) is 5.91 Å². The average Bonchev–Trinajstić information content (AvgIpc) is 2.70. The van der Waals surface area contributed by atoms with Crippen LogP contribution >= 0.6 is 0 Å². The molecule has 3 rings (SSSR count). The SMILES string of the molecule is CN1C(=O)C(CCNC(=O)CCCOc2ccccc2)Oc2ccccc21. The number of benzene rings is 2. The highest BCUT2D eigenvalue weighted by atomic mass is 16.5. The zero-order valence-electron chi connectivity index (χ0n) is 15.4. The topological polar surface area (TPSA) is 67.9 Å². The van der Waals surface area contributed by atoms with E-state index in [1.807, 2.05) is 54.6 Å². The van der Waals surface area contributed by atoms with E-state index >= 15 is 0 Å². The van der Waals surface area contributed by atoms with E-state index < -0.39 is 6.10 Å². The summed E-state index contributed by atoms with van der Waals surface area (Å²) >= 11 is 0. The third-order valence-electron chi connectivity index (χ3n) is 4.39. The number of nitrogens with zero attached hydrogens (tertiary/aromatic N) is 1. The summed E-state index contributed by atoms with van der Waals surface area (Å²) in [6, 6.07) is 17.0. The van der Waals surface area contributed by atoms with E-state index in [4.69, 9.17) is 9.47 Å². The number of hydrogen-bond acceptors (Lipinski definition) is 4. The van der Waals surface area contributed by atoms with Crippen molar-refractivity contribution in [1.29, 1.82) is 0 Å². The molecule has 0 aromatic heterocycles. The number of para-hydroxylation sites is 3. The highest BCUT2D eigenvalue weighted by molar-refractivity contribution is 5.99. The molecule has 0 aliphatic carbocycles. The van der Waals surface area contributed by atoms with Crippen LogP contribution in [-0.2, 0) is 9.59 Å². The van der Waals surface area contributed by atoms with E-state index in [0.717, 1.165) is 11.4 Å². The van der Waals surface area contributed by atoms with Crippen molar-refractivity contribution in [3.63, 3.8) is 0 Å². The van der Waals surface area contributed by atoms with Gasteiger partial charge < -0.3 is 19.7 Å². The van der Waals surface area contributed by atoms with Gasteiger partial charge in [-0.2, -0.15) is 0 Å². The number of ether oxygens (including phenoxy) is 2. The van der Waals surface area contributed by atoms with E-state index in [0.29, 0.717) is 38.2 Å². The largest absolute Gasteiger partial charge is 0.494 e. The van der Waals surface area contributed by atoms with Crippen LogP contribution in [0.4, 0.5) is 5.69 Å². The molecule has 1 N–H and O–H groups in total. The summed E-state index contributed by atoms with van der Waals surface area (Å²) in [6.07, 6.45) is 0.876. The van der Waals surface area contributed by atoms with Gasteiger partial charge in [0.15, 0.2) is 6.10 Å². The van der Waals surface area contributed by atoms with Gasteiger partial charge in [0, 0.05) is 26.4 Å². The van der Waals surface area contributed by atoms with Crippen molar-refractivity contribution in [3.8, 4) is 11.5 Å². The van der Waals surface area contributed by atoms with Gasteiger partial charge >= 0.3 is 0 Å². The summed E-state index contributed by atoms with van der Waals surface area (Å²) < 4.78 is 11.3. The van der Waals surface area contributed by atoms with Crippen molar-refractivity contribution in [2.45, 2.75) is 25.4 Å². The average molecular weight is 368 g/mol. The molecule has 0 bridgehead atoms. The summed E-state index contributed by atoms with van der Waals surface area (Å²) in [5, 5.41) is 2.84. The van der Waals surface area contributed by atoms with Gasteiger partial charge in [-0.05, 0) is 30.7 Å². The molecule has 6 heteroatoms. The van der Waals surface area contributed by atoms with Crippen molar-refractivity contribution in [3.05, 3.63) is 54.6 Å². The lowest BCUT2D eigenvalue weighted by molar-refractivity contribution is -0.127. The van der Waals surface area contributed by atoms with Gasteiger partial charge in [0.25, 0.3) is 5.91 Å². The summed E-state index contributed by atoms with van der Waals surface area (Å²) in [7, 11) is 1.74. The lowest BCUT2D eigenvalue weighted by Crippen LogP contribution is -2.45. The molecule has 1 unspecified atom stereocenters. The summed E-state index contributed by atoms with van der Waals surface area (Å²) in [5.41, 5.74) is 0.765. The first-order chi connectivity index (χ1) is 13.1. The molecule has 27 heavy (non-hydrogen) atoms. The summed E-state index contributed by atoms with van der Waals surface area (Å²) in [6.45, 7) is 0.883. The van der Waals surface area contributed by atoms with Gasteiger partial charge in [-0.15, -0.1) is 0 Å². The Bertz CT molecular complexity index is 779. The van der Waals surface area contributed by atoms with Crippen molar-refractivity contribution >= 4 is 17.5 Å². The van der Waals surface area contributed by atoms with Gasteiger partial charge in [-0.25, -0.2) is 0 Å². The zero-order chi connectivity index (χ0) is 19.1. The molecule has 0 saturated carbocycles. The Balaban J connectivity index is 1.36. The number of carbonyl (C=O) groups excluding carboxylic acids is 2. The summed E-state index contributed by atoms with van der Waals surface area (Å²) in [4.78, 5) is 25.9. The van der Waals surface area contributed by atoms with E-state index in [1.54, 1.807) is 11.9 Å². The maximum Gasteiger partial charge on any atom is 0.267 e. The maximum atomic E-state index is 12.4. The number of amides is 2. The Morgan fingerprint density at radius 1 is 1.15 bits per heavy atom. The fourth-order valence-corrected chi connectivity index (χ4v) is 2.93. The summed E-state index contributed by atoms with van der Waals surface area (Å²) in [5.74, 6) is 1.34. The number of anilines is 1. The fraction of sp³-hybridized carbons (Fsp3) is 0.333. The van der Waals surface area contributed by atoms with Crippen LogP contribution in [0.5, 0.6) is 11.5 Å². The van der Waals surface area contributed by atoms with Crippen molar-refractivity contribution in [1.82, 2.24) is 5.32 Å². The second-order valence-electron chi connectivity index (χ2n) is 6.38. The molecule has 142 valence electrons. The lowest BCUT2D eigenvalue weighted by atomic mass is 10.1. The minimum atomic E-state index is -0.577. The molecule has 6 nitrogen and oxygen atoms in total. The predicted molar refractivity (Wildman–Crippen MR) is 103 cm³/mol. The second-order valence-corrected chi connectivity index (χ2v) is 6.38.